The summed E-state index contributed by atoms with van der Waals surface area (Å²) in [6.07, 6.45) is 1.78. The molecule has 7 heteroatoms. The third-order valence-corrected chi connectivity index (χ3v) is 7.93. The number of phenols is 6. The number of phenolic OH excluding ortho intramolecular Hbond substituents is 6. The Morgan fingerprint density at radius 1 is 0.283 bits per heavy atom. The van der Waals surface area contributed by atoms with Gasteiger partial charge in [-0.05, 0) is 125 Å². The summed E-state index contributed by atoms with van der Waals surface area (Å²) in [6, 6.07) is 39.1. The summed E-state index contributed by atoms with van der Waals surface area (Å²) in [6.45, 7) is 0. The summed E-state index contributed by atoms with van der Waals surface area (Å²) in [5.41, 5.74) is 8.65. The van der Waals surface area contributed by atoms with Crippen molar-refractivity contribution in [3.8, 4) is 34.5 Å². The molecule has 0 bridgehead atoms. The van der Waals surface area contributed by atoms with Crippen LogP contribution >= 0.6 is 0 Å². The third-order valence-electron chi connectivity index (χ3n) is 7.93. The fourth-order valence-corrected chi connectivity index (χ4v) is 5.48. The molecule has 0 saturated heterocycles. The molecule has 6 N–H and O–H groups in total. The summed E-state index contributed by atoms with van der Waals surface area (Å²) < 4.78 is 0. The molecule has 0 heterocycles. The number of aromatic hydroxyl groups is 6. The van der Waals surface area contributed by atoms with Crippen molar-refractivity contribution in [1.82, 2.24) is 0 Å². The molecule has 0 unspecified atom stereocenters. The molecule has 7 nitrogen and oxygen atoms in total. The van der Waals surface area contributed by atoms with E-state index in [1.54, 1.807) is 36.4 Å². The Morgan fingerprint density at radius 2 is 0.522 bits per heavy atom. The second kappa shape index (κ2) is 12.9. The minimum absolute atomic E-state index is 0.142. The van der Waals surface area contributed by atoms with Crippen LogP contribution in [-0.2, 0) is 19.3 Å². The average Bonchev–Trinajstić information content (AvgIpc) is 3.05. The van der Waals surface area contributed by atoms with Gasteiger partial charge in [0.2, 0.25) is 0 Å². The van der Waals surface area contributed by atoms with Gasteiger partial charge in [-0.25, -0.2) is 0 Å². The van der Waals surface area contributed by atoms with E-state index in [-0.39, 0.29) is 34.5 Å². The van der Waals surface area contributed by atoms with Crippen LogP contribution in [0.15, 0.2) is 127 Å². The molecule has 0 fully saturated rings. The van der Waals surface area contributed by atoms with E-state index in [1.807, 2.05) is 36.4 Å². The van der Waals surface area contributed by atoms with Gasteiger partial charge in [-0.3, -0.25) is 0 Å². The van der Waals surface area contributed by atoms with Gasteiger partial charge < -0.3 is 35.5 Å². The quantitative estimate of drug-likeness (QED) is 0.0912. The Hall–Kier alpha value is -6.08. The van der Waals surface area contributed by atoms with Crippen molar-refractivity contribution >= 4 is 17.1 Å². The van der Waals surface area contributed by atoms with Gasteiger partial charge in [-0.1, -0.05) is 54.6 Å². The van der Waals surface area contributed by atoms with E-state index >= 15 is 0 Å². The van der Waals surface area contributed by atoms with Crippen LogP contribution in [0.2, 0.25) is 0 Å². The molecule has 0 aromatic heterocycles. The second-order valence-electron chi connectivity index (χ2n) is 11.3. The van der Waals surface area contributed by atoms with E-state index in [0.717, 1.165) is 50.4 Å². The normalized spacial score (nSPS) is 11.0. The summed E-state index contributed by atoms with van der Waals surface area (Å²) >= 11 is 0. The SMILES string of the molecule is Oc1ccc(Cc2ccc(N(c3ccc(Cc4ccc(O)c(O)c4)cc3)c3ccc(Cc4ccc(O)c(O)c4)cc3)cc2)cc1O. The van der Waals surface area contributed by atoms with E-state index in [1.165, 1.54) is 18.2 Å². The highest BCUT2D eigenvalue weighted by Crippen LogP contribution is 2.36. The van der Waals surface area contributed by atoms with Crippen molar-refractivity contribution in [2.45, 2.75) is 19.3 Å². The summed E-state index contributed by atoms with van der Waals surface area (Å²) in [4.78, 5) is 2.16. The number of nitrogens with zero attached hydrogens (tertiary/aromatic N) is 1. The van der Waals surface area contributed by atoms with Gasteiger partial charge >= 0.3 is 0 Å². The first-order chi connectivity index (χ1) is 22.2. The van der Waals surface area contributed by atoms with E-state index in [2.05, 4.69) is 41.3 Å². The fourth-order valence-electron chi connectivity index (χ4n) is 5.48. The predicted octanol–water partition coefficient (Wildman–Crippen LogP) is 8.16. The zero-order chi connectivity index (χ0) is 32.2. The van der Waals surface area contributed by atoms with Crippen LogP contribution in [0.4, 0.5) is 17.1 Å². The van der Waals surface area contributed by atoms with Crippen LogP contribution in [0.5, 0.6) is 34.5 Å². The highest BCUT2D eigenvalue weighted by Gasteiger charge is 2.14. The van der Waals surface area contributed by atoms with Crippen molar-refractivity contribution in [3.63, 3.8) is 0 Å². The Kier molecular flexibility index (Phi) is 8.39. The molecule has 6 aromatic carbocycles. The lowest BCUT2D eigenvalue weighted by Crippen LogP contribution is -2.10. The van der Waals surface area contributed by atoms with Gasteiger partial charge in [0.25, 0.3) is 0 Å². The van der Waals surface area contributed by atoms with Crippen LogP contribution < -0.4 is 4.90 Å². The number of hydrogen-bond acceptors (Lipinski definition) is 7. The lowest BCUT2D eigenvalue weighted by Gasteiger charge is -2.26. The van der Waals surface area contributed by atoms with Gasteiger partial charge in [0, 0.05) is 17.1 Å². The van der Waals surface area contributed by atoms with Crippen molar-refractivity contribution in [2.75, 3.05) is 4.90 Å². The lowest BCUT2D eigenvalue weighted by molar-refractivity contribution is 0.403. The van der Waals surface area contributed by atoms with Crippen LogP contribution in [-0.4, -0.2) is 30.6 Å². The van der Waals surface area contributed by atoms with Crippen LogP contribution in [0.1, 0.15) is 33.4 Å². The van der Waals surface area contributed by atoms with Crippen LogP contribution in [0, 0.1) is 0 Å². The summed E-state index contributed by atoms with van der Waals surface area (Å²) in [5.74, 6) is -0.859. The van der Waals surface area contributed by atoms with E-state index in [0.29, 0.717) is 19.3 Å². The van der Waals surface area contributed by atoms with Gasteiger partial charge in [0.05, 0.1) is 0 Å². The largest absolute Gasteiger partial charge is 0.504 e. The second-order valence-corrected chi connectivity index (χ2v) is 11.3. The molecule has 6 rings (SSSR count). The molecule has 0 radical (unpaired) electrons. The zero-order valence-corrected chi connectivity index (χ0v) is 24.9. The van der Waals surface area contributed by atoms with Crippen molar-refractivity contribution < 1.29 is 30.6 Å². The molecule has 46 heavy (non-hydrogen) atoms. The number of rotatable bonds is 9. The van der Waals surface area contributed by atoms with E-state index in [4.69, 9.17) is 0 Å². The standard InChI is InChI=1S/C39H33NO6/c41-34-16-7-28(22-37(34)44)19-25-1-10-31(11-2-25)40(32-12-3-26(4-13-32)20-29-8-17-35(42)38(45)23-29)33-14-5-27(6-15-33)21-30-9-18-36(43)39(46)24-30/h1-18,22-24,41-46H,19-21H2. The Bertz CT molecular complexity index is 1740. The Morgan fingerprint density at radius 3 is 0.761 bits per heavy atom. The number of anilines is 3. The average molecular weight is 612 g/mol. The number of hydrogen-bond donors (Lipinski definition) is 6. The van der Waals surface area contributed by atoms with Gasteiger partial charge in [0.1, 0.15) is 0 Å². The van der Waals surface area contributed by atoms with E-state index in [9.17, 15) is 30.6 Å². The first-order valence-electron chi connectivity index (χ1n) is 14.8. The minimum Gasteiger partial charge on any atom is -0.504 e. The lowest BCUT2D eigenvalue weighted by atomic mass is 10.0. The maximum atomic E-state index is 9.90. The topological polar surface area (TPSA) is 125 Å². The monoisotopic (exact) mass is 611 g/mol. The van der Waals surface area contributed by atoms with Gasteiger partial charge in [-0.2, -0.15) is 0 Å². The van der Waals surface area contributed by atoms with Crippen molar-refractivity contribution in [1.29, 1.82) is 0 Å². The fraction of sp³-hybridized carbons (Fsp3) is 0.0769. The van der Waals surface area contributed by atoms with E-state index < -0.39 is 0 Å². The highest BCUT2D eigenvalue weighted by atomic mass is 16.3. The van der Waals surface area contributed by atoms with Crippen LogP contribution in [0.3, 0.4) is 0 Å². The zero-order valence-electron chi connectivity index (χ0n) is 24.9. The van der Waals surface area contributed by atoms with Crippen molar-refractivity contribution in [2.24, 2.45) is 0 Å². The molecule has 0 amide bonds. The number of benzene rings is 6. The Balaban J connectivity index is 1.28. The molecule has 6 aromatic rings. The molecular weight excluding hydrogens is 578 g/mol. The minimum atomic E-state index is -0.144. The molecule has 0 atom stereocenters. The summed E-state index contributed by atoms with van der Waals surface area (Å²) in [7, 11) is 0. The first-order valence-corrected chi connectivity index (χ1v) is 14.8. The molecule has 0 aliphatic rings. The molecule has 0 aliphatic carbocycles. The van der Waals surface area contributed by atoms with Gasteiger partial charge in [0.15, 0.2) is 34.5 Å². The molecule has 0 spiro atoms. The first kappa shape index (κ1) is 30.0. The smallest absolute Gasteiger partial charge is 0.157 e. The summed E-state index contributed by atoms with van der Waals surface area (Å²) in [5, 5.41) is 58.7. The molecule has 0 saturated carbocycles. The molecule has 0 aliphatic heterocycles. The predicted molar refractivity (Wildman–Crippen MR) is 179 cm³/mol. The van der Waals surface area contributed by atoms with Crippen molar-refractivity contribution in [3.05, 3.63) is 161 Å². The maximum absolute atomic E-state index is 9.90. The highest BCUT2D eigenvalue weighted by molar-refractivity contribution is 5.77. The molecular formula is C39H33NO6. The van der Waals surface area contributed by atoms with Crippen LogP contribution in [0.25, 0.3) is 0 Å². The maximum Gasteiger partial charge on any atom is 0.157 e. The van der Waals surface area contributed by atoms with Gasteiger partial charge in [-0.15, -0.1) is 0 Å². The third kappa shape index (κ3) is 6.84. The molecule has 230 valence electrons. The Labute approximate surface area is 266 Å².